The van der Waals surface area contributed by atoms with Gasteiger partial charge in [-0.1, -0.05) is 40.9 Å². The molecule has 7 nitrogen and oxygen atoms in total. The number of anilines is 1. The van der Waals surface area contributed by atoms with Gasteiger partial charge in [0.2, 0.25) is 0 Å². The molecule has 0 radical (unpaired) electrons. The largest absolute Gasteiger partial charge is 0.302 e. The highest BCUT2D eigenvalue weighted by Gasteiger charge is 2.20. The first kappa shape index (κ1) is 19.2. The summed E-state index contributed by atoms with van der Waals surface area (Å²) >= 11 is 22.0. The Morgan fingerprint density at radius 3 is 2.57 bits per heavy atom. The molecule has 0 spiro atoms. The fourth-order valence-electron chi connectivity index (χ4n) is 2.58. The maximum absolute atomic E-state index is 12.6. The van der Waals surface area contributed by atoms with Gasteiger partial charge in [-0.05, 0) is 34.1 Å². The van der Waals surface area contributed by atoms with E-state index in [-0.39, 0.29) is 16.5 Å². The van der Waals surface area contributed by atoms with Crippen LogP contribution in [0.4, 0.5) is 5.82 Å². The summed E-state index contributed by atoms with van der Waals surface area (Å²) in [6.07, 6.45) is 4.89. The van der Waals surface area contributed by atoms with Gasteiger partial charge in [0.05, 0.1) is 11.0 Å². The van der Waals surface area contributed by atoms with Crippen LogP contribution in [0.25, 0.3) is 5.65 Å². The molecule has 3 aromatic heterocycles. The van der Waals surface area contributed by atoms with Crippen molar-refractivity contribution in [3.8, 4) is 0 Å². The molecule has 0 saturated heterocycles. The van der Waals surface area contributed by atoms with Crippen molar-refractivity contribution in [2.45, 2.75) is 6.54 Å². The van der Waals surface area contributed by atoms with Crippen molar-refractivity contribution >= 4 is 68.1 Å². The predicted molar refractivity (Wildman–Crippen MR) is 111 cm³/mol. The van der Waals surface area contributed by atoms with Crippen LogP contribution in [-0.4, -0.2) is 30.3 Å². The minimum Gasteiger partial charge on any atom is -0.302 e. The monoisotopic (exact) mass is 498 g/mol. The van der Waals surface area contributed by atoms with Gasteiger partial charge >= 0.3 is 0 Å². The van der Waals surface area contributed by atoms with E-state index in [0.717, 1.165) is 0 Å². The number of nitrogens with one attached hydrogen (secondary N) is 1. The predicted octanol–water partition coefficient (Wildman–Crippen LogP) is 4.95. The van der Waals surface area contributed by atoms with E-state index in [2.05, 4.69) is 36.4 Å². The average molecular weight is 501 g/mol. The van der Waals surface area contributed by atoms with Crippen LogP contribution < -0.4 is 5.32 Å². The van der Waals surface area contributed by atoms with E-state index in [1.165, 1.54) is 4.52 Å². The van der Waals surface area contributed by atoms with Crippen LogP contribution in [-0.2, 0) is 6.54 Å². The van der Waals surface area contributed by atoms with Gasteiger partial charge < -0.3 is 5.32 Å². The summed E-state index contributed by atoms with van der Waals surface area (Å²) in [5.41, 5.74) is 1.40. The smallest absolute Gasteiger partial charge is 0.278 e. The molecule has 0 saturated carbocycles. The molecule has 0 aliphatic heterocycles. The summed E-state index contributed by atoms with van der Waals surface area (Å²) in [4.78, 5) is 16.8. The lowest BCUT2D eigenvalue weighted by atomic mass is 10.2. The molecule has 0 fully saturated rings. The molecule has 3 heterocycles. The number of fused-ring (bicyclic) bond motifs is 1. The molecule has 4 aromatic rings. The number of carbonyl (C=O) groups is 1. The first-order chi connectivity index (χ1) is 13.4. The number of halogens is 4. The van der Waals surface area contributed by atoms with E-state index >= 15 is 0 Å². The van der Waals surface area contributed by atoms with E-state index in [1.54, 1.807) is 47.5 Å². The average Bonchev–Trinajstić information content (AvgIpc) is 3.18. The maximum atomic E-state index is 12.6. The summed E-state index contributed by atoms with van der Waals surface area (Å²) < 4.78 is 3.52. The molecule has 1 N–H and O–H groups in total. The lowest BCUT2D eigenvalue weighted by molar-refractivity contribution is 0.102. The molecule has 0 aliphatic carbocycles. The van der Waals surface area contributed by atoms with Crippen molar-refractivity contribution in [3.63, 3.8) is 0 Å². The molecule has 0 unspecified atom stereocenters. The number of amides is 1. The fourth-order valence-corrected chi connectivity index (χ4v) is 3.84. The zero-order valence-electron chi connectivity index (χ0n) is 13.9. The normalized spacial score (nSPS) is 11.1. The third-order valence-corrected chi connectivity index (χ3v) is 5.60. The van der Waals surface area contributed by atoms with E-state index < -0.39 is 5.91 Å². The number of benzene rings is 1. The summed E-state index contributed by atoms with van der Waals surface area (Å²) in [6.45, 7) is 0.302. The molecule has 4 rings (SSSR count). The Morgan fingerprint density at radius 2 is 1.86 bits per heavy atom. The number of carbonyl (C=O) groups excluding carboxylic acids is 1. The SMILES string of the molecule is O=C(Nc1nn(Cc2c(Cl)cccc2Cl)cc1Cl)c1nn2cccnc2c1Br. The Balaban J connectivity index is 1.58. The Hall–Kier alpha value is -2.13. The van der Waals surface area contributed by atoms with Crippen molar-refractivity contribution in [3.05, 3.63) is 73.7 Å². The van der Waals surface area contributed by atoms with Crippen LogP contribution in [0.5, 0.6) is 0 Å². The van der Waals surface area contributed by atoms with Crippen molar-refractivity contribution in [2.24, 2.45) is 0 Å². The summed E-state index contributed by atoms with van der Waals surface area (Å²) in [5.74, 6) is -0.271. The minimum atomic E-state index is -0.472. The van der Waals surface area contributed by atoms with E-state index in [9.17, 15) is 4.79 Å². The van der Waals surface area contributed by atoms with Gasteiger partial charge in [-0.15, -0.1) is 0 Å². The number of rotatable bonds is 4. The van der Waals surface area contributed by atoms with E-state index in [0.29, 0.717) is 32.3 Å². The van der Waals surface area contributed by atoms with Crippen molar-refractivity contribution < 1.29 is 4.79 Å². The van der Waals surface area contributed by atoms with Gasteiger partial charge in [0.25, 0.3) is 5.91 Å². The molecule has 0 bridgehead atoms. The minimum absolute atomic E-state index is 0.165. The Kier molecular flexibility index (Phi) is 5.29. The lowest BCUT2D eigenvalue weighted by Crippen LogP contribution is -2.14. The summed E-state index contributed by atoms with van der Waals surface area (Å²) in [5, 5.41) is 12.5. The zero-order valence-corrected chi connectivity index (χ0v) is 17.8. The van der Waals surface area contributed by atoms with Crippen molar-refractivity contribution in [1.29, 1.82) is 0 Å². The maximum Gasteiger partial charge on any atom is 0.278 e. The number of hydrogen-bond donors (Lipinski definition) is 1. The zero-order chi connectivity index (χ0) is 19.8. The Bertz CT molecular complexity index is 1180. The van der Waals surface area contributed by atoms with Crippen LogP contribution in [0.1, 0.15) is 16.1 Å². The Labute approximate surface area is 182 Å². The highest BCUT2D eigenvalue weighted by atomic mass is 79.9. The Morgan fingerprint density at radius 1 is 1.11 bits per heavy atom. The van der Waals surface area contributed by atoms with Gasteiger partial charge in [-0.2, -0.15) is 10.2 Å². The molecular weight excluding hydrogens is 490 g/mol. The van der Waals surface area contributed by atoms with Gasteiger partial charge in [-0.3, -0.25) is 9.48 Å². The molecule has 1 aromatic carbocycles. The second-order valence-corrected chi connectivity index (χ2v) is 7.74. The standard InChI is InChI=1S/C17H10BrCl3N6O/c18-13-14(24-27-6-2-5-22-16(13)27)17(28)23-15-12(21)8-26(25-15)7-9-10(19)3-1-4-11(9)20/h1-6,8H,7H2,(H,23,25,28). The fraction of sp³-hybridized carbons (Fsp3) is 0.0588. The first-order valence-electron chi connectivity index (χ1n) is 7.90. The number of aromatic nitrogens is 5. The first-order valence-corrected chi connectivity index (χ1v) is 9.83. The molecule has 11 heteroatoms. The molecule has 142 valence electrons. The topological polar surface area (TPSA) is 77.1 Å². The van der Waals surface area contributed by atoms with Crippen LogP contribution in [0.15, 0.2) is 47.3 Å². The summed E-state index contributed by atoms with van der Waals surface area (Å²) in [7, 11) is 0. The molecule has 0 aliphatic rings. The quantitative estimate of drug-likeness (QED) is 0.430. The van der Waals surface area contributed by atoms with Gasteiger partial charge in [0.15, 0.2) is 17.2 Å². The van der Waals surface area contributed by atoms with E-state index in [1.807, 2.05) is 0 Å². The number of nitrogens with zero attached hydrogens (tertiary/aromatic N) is 5. The highest BCUT2D eigenvalue weighted by Crippen LogP contribution is 2.27. The van der Waals surface area contributed by atoms with Crippen molar-refractivity contribution in [1.82, 2.24) is 24.4 Å². The van der Waals surface area contributed by atoms with Gasteiger partial charge in [0.1, 0.15) is 5.02 Å². The number of hydrogen-bond acceptors (Lipinski definition) is 4. The molecule has 28 heavy (non-hydrogen) atoms. The molecule has 0 atom stereocenters. The molecular formula is C17H10BrCl3N6O. The third-order valence-electron chi connectivity index (χ3n) is 3.88. The second-order valence-electron chi connectivity index (χ2n) is 5.73. The highest BCUT2D eigenvalue weighted by molar-refractivity contribution is 9.10. The third kappa shape index (κ3) is 3.60. The van der Waals surface area contributed by atoms with Crippen molar-refractivity contribution in [2.75, 3.05) is 5.32 Å². The van der Waals surface area contributed by atoms with Crippen LogP contribution in [0.3, 0.4) is 0 Å². The van der Waals surface area contributed by atoms with Gasteiger partial charge in [0, 0.05) is 34.2 Å². The molecule has 1 amide bonds. The van der Waals surface area contributed by atoms with Crippen LogP contribution in [0.2, 0.25) is 15.1 Å². The van der Waals surface area contributed by atoms with Gasteiger partial charge in [-0.25, -0.2) is 9.50 Å². The van der Waals surface area contributed by atoms with E-state index in [4.69, 9.17) is 34.8 Å². The lowest BCUT2D eigenvalue weighted by Gasteiger charge is -2.06. The van der Waals surface area contributed by atoms with Crippen LogP contribution >= 0.6 is 50.7 Å². The van der Waals surface area contributed by atoms with Crippen LogP contribution in [0, 0.1) is 0 Å². The summed E-state index contributed by atoms with van der Waals surface area (Å²) in [6, 6.07) is 6.96. The second kappa shape index (κ2) is 7.71.